The lowest BCUT2D eigenvalue weighted by molar-refractivity contribution is -0.139. The van der Waals surface area contributed by atoms with Crippen LogP contribution in [0.5, 0.6) is 0 Å². The molecule has 0 spiro atoms. The summed E-state index contributed by atoms with van der Waals surface area (Å²) in [5.74, 6) is -0.308. The number of hydrogen-bond donors (Lipinski definition) is 2. The van der Waals surface area contributed by atoms with Gasteiger partial charge in [-0.05, 0) is 12.8 Å². The second kappa shape index (κ2) is 8.35. The highest BCUT2D eigenvalue weighted by Crippen LogP contribution is 2.02. The summed E-state index contributed by atoms with van der Waals surface area (Å²) in [5, 5.41) is 2.66. The first kappa shape index (κ1) is 18.1. The van der Waals surface area contributed by atoms with Crippen molar-refractivity contribution in [2.45, 2.75) is 32.9 Å². The average molecular weight is 294 g/mol. The Hall–Kier alpha value is -0.850. The molecule has 0 radical (unpaired) electrons. The molecule has 1 aliphatic rings. The van der Waals surface area contributed by atoms with Gasteiger partial charge in [-0.3, -0.25) is 9.59 Å². The maximum absolute atomic E-state index is 12.0. The average Bonchev–Trinajstić information content (AvgIpc) is 2.37. The molecule has 1 heterocycles. The molecule has 0 aromatic carbocycles. The molecule has 1 saturated heterocycles. The number of nitrogens with one attached hydrogen (secondary N) is 1. The SMILES string of the molecule is CC(NC(=O)[C@H](N)C(C)C)C(=O)N1CCOCC1.Cl. The highest BCUT2D eigenvalue weighted by molar-refractivity contribution is 5.89. The van der Waals surface area contributed by atoms with E-state index >= 15 is 0 Å². The van der Waals surface area contributed by atoms with Crippen molar-refractivity contribution in [2.24, 2.45) is 11.7 Å². The van der Waals surface area contributed by atoms with E-state index in [1.807, 2.05) is 13.8 Å². The molecule has 0 aromatic rings. The number of carbonyl (C=O) groups is 2. The Bertz CT molecular complexity index is 307. The molecule has 1 rings (SSSR count). The van der Waals surface area contributed by atoms with E-state index in [4.69, 9.17) is 10.5 Å². The summed E-state index contributed by atoms with van der Waals surface area (Å²) < 4.78 is 5.18. The summed E-state index contributed by atoms with van der Waals surface area (Å²) in [7, 11) is 0. The van der Waals surface area contributed by atoms with Gasteiger partial charge in [-0.1, -0.05) is 13.8 Å². The van der Waals surface area contributed by atoms with Crippen LogP contribution in [0, 0.1) is 5.92 Å². The first-order chi connectivity index (χ1) is 8.43. The summed E-state index contributed by atoms with van der Waals surface area (Å²) in [6.45, 7) is 7.69. The third-order valence-electron chi connectivity index (χ3n) is 3.07. The summed E-state index contributed by atoms with van der Waals surface area (Å²) in [6, 6.07) is -1.12. The third kappa shape index (κ3) is 5.34. The van der Waals surface area contributed by atoms with E-state index in [1.54, 1.807) is 11.8 Å². The van der Waals surface area contributed by atoms with E-state index in [9.17, 15) is 9.59 Å². The first-order valence-corrected chi connectivity index (χ1v) is 6.36. The minimum atomic E-state index is -0.579. The van der Waals surface area contributed by atoms with E-state index in [1.165, 1.54) is 0 Å². The van der Waals surface area contributed by atoms with Crippen molar-refractivity contribution in [1.82, 2.24) is 10.2 Å². The van der Waals surface area contributed by atoms with Crippen molar-refractivity contribution in [3.05, 3.63) is 0 Å². The Labute approximate surface area is 120 Å². The van der Waals surface area contributed by atoms with Crippen molar-refractivity contribution in [1.29, 1.82) is 0 Å². The van der Waals surface area contributed by atoms with Crippen LogP contribution in [0.1, 0.15) is 20.8 Å². The van der Waals surface area contributed by atoms with Crippen LogP contribution in [0.2, 0.25) is 0 Å². The number of hydrogen-bond acceptors (Lipinski definition) is 4. The molecular formula is C12H24ClN3O3. The fourth-order valence-corrected chi connectivity index (χ4v) is 1.73. The second-order valence-electron chi connectivity index (χ2n) is 4.94. The minimum absolute atomic E-state index is 0. The van der Waals surface area contributed by atoms with E-state index in [0.717, 1.165) is 0 Å². The third-order valence-corrected chi connectivity index (χ3v) is 3.07. The number of amides is 2. The van der Waals surface area contributed by atoms with Gasteiger partial charge < -0.3 is 20.7 Å². The van der Waals surface area contributed by atoms with E-state index < -0.39 is 12.1 Å². The van der Waals surface area contributed by atoms with Gasteiger partial charge in [-0.25, -0.2) is 0 Å². The molecule has 7 heteroatoms. The Morgan fingerprint density at radius 2 is 1.74 bits per heavy atom. The number of halogens is 1. The fraction of sp³-hybridized carbons (Fsp3) is 0.833. The molecule has 2 amide bonds. The van der Waals surface area contributed by atoms with E-state index in [0.29, 0.717) is 26.3 Å². The summed E-state index contributed by atoms with van der Waals surface area (Å²) in [6.07, 6.45) is 0. The summed E-state index contributed by atoms with van der Waals surface area (Å²) in [5.41, 5.74) is 5.73. The maximum Gasteiger partial charge on any atom is 0.245 e. The fourth-order valence-electron chi connectivity index (χ4n) is 1.73. The van der Waals surface area contributed by atoms with Gasteiger partial charge in [0.2, 0.25) is 11.8 Å². The number of morpholine rings is 1. The van der Waals surface area contributed by atoms with Gasteiger partial charge in [0.25, 0.3) is 0 Å². The molecule has 0 aliphatic carbocycles. The Morgan fingerprint density at radius 1 is 1.21 bits per heavy atom. The van der Waals surface area contributed by atoms with Crippen LogP contribution >= 0.6 is 12.4 Å². The highest BCUT2D eigenvalue weighted by atomic mass is 35.5. The molecule has 1 fully saturated rings. The Balaban J connectivity index is 0.00000324. The Kier molecular flexibility index (Phi) is 7.97. The lowest BCUT2D eigenvalue weighted by Crippen LogP contribution is -2.54. The number of rotatable bonds is 4. The Morgan fingerprint density at radius 3 is 2.21 bits per heavy atom. The number of nitrogens with zero attached hydrogens (tertiary/aromatic N) is 1. The van der Waals surface area contributed by atoms with Gasteiger partial charge in [0, 0.05) is 13.1 Å². The zero-order chi connectivity index (χ0) is 13.7. The number of ether oxygens (including phenoxy) is 1. The molecule has 19 heavy (non-hydrogen) atoms. The van der Waals surface area contributed by atoms with Crippen molar-refractivity contribution in [2.75, 3.05) is 26.3 Å². The molecule has 1 unspecified atom stereocenters. The summed E-state index contributed by atoms with van der Waals surface area (Å²) >= 11 is 0. The quantitative estimate of drug-likeness (QED) is 0.749. The van der Waals surface area contributed by atoms with Crippen LogP contribution in [-0.4, -0.2) is 55.1 Å². The molecule has 0 saturated carbocycles. The lowest BCUT2D eigenvalue weighted by Gasteiger charge is -2.30. The van der Waals surface area contributed by atoms with Gasteiger partial charge in [0.05, 0.1) is 19.3 Å². The molecule has 0 aromatic heterocycles. The monoisotopic (exact) mass is 293 g/mol. The van der Waals surface area contributed by atoms with Gasteiger partial charge in [0.1, 0.15) is 6.04 Å². The van der Waals surface area contributed by atoms with Crippen LogP contribution in [0.3, 0.4) is 0 Å². The molecule has 112 valence electrons. The molecule has 3 N–H and O–H groups in total. The maximum atomic E-state index is 12.0. The predicted molar refractivity (Wildman–Crippen MR) is 75.1 cm³/mol. The van der Waals surface area contributed by atoms with Crippen LogP contribution in [0.15, 0.2) is 0 Å². The minimum Gasteiger partial charge on any atom is -0.378 e. The predicted octanol–water partition coefficient (Wildman–Crippen LogP) is -0.245. The van der Waals surface area contributed by atoms with Crippen molar-refractivity contribution in [3.8, 4) is 0 Å². The number of nitrogens with two attached hydrogens (primary N) is 1. The standard InChI is InChI=1S/C12H23N3O3.ClH/c1-8(2)10(13)11(16)14-9(3)12(17)15-4-6-18-7-5-15;/h8-10H,4-7,13H2,1-3H3,(H,14,16);1H/t9?,10-;/m1./s1. The smallest absolute Gasteiger partial charge is 0.245 e. The van der Waals surface area contributed by atoms with Crippen LogP contribution in [0.4, 0.5) is 0 Å². The topological polar surface area (TPSA) is 84.7 Å². The highest BCUT2D eigenvalue weighted by Gasteiger charge is 2.26. The van der Waals surface area contributed by atoms with Crippen LogP contribution in [-0.2, 0) is 14.3 Å². The second-order valence-corrected chi connectivity index (χ2v) is 4.94. The van der Waals surface area contributed by atoms with Gasteiger partial charge >= 0.3 is 0 Å². The van der Waals surface area contributed by atoms with E-state index in [-0.39, 0.29) is 30.1 Å². The molecule has 1 aliphatic heterocycles. The van der Waals surface area contributed by atoms with Crippen molar-refractivity contribution < 1.29 is 14.3 Å². The normalized spacial score (nSPS) is 18.5. The van der Waals surface area contributed by atoms with Gasteiger partial charge in [-0.2, -0.15) is 0 Å². The lowest BCUT2D eigenvalue weighted by atomic mass is 10.0. The largest absolute Gasteiger partial charge is 0.378 e. The van der Waals surface area contributed by atoms with Gasteiger partial charge in [0.15, 0.2) is 0 Å². The summed E-state index contributed by atoms with van der Waals surface area (Å²) in [4.78, 5) is 25.5. The molecular weight excluding hydrogens is 270 g/mol. The molecule has 2 atom stereocenters. The van der Waals surface area contributed by atoms with Crippen LogP contribution < -0.4 is 11.1 Å². The first-order valence-electron chi connectivity index (χ1n) is 6.36. The van der Waals surface area contributed by atoms with Crippen molar-refractivity contribution in [3.63, 3.8) is 0 Å². The molecule has 0 bridgehead atoms. The van der Waals surface area contributed by atoms with Gasteiger partial charge in [-0.15, -0.1) is 12.4 Å². The number of carbonyl (C=O) groups excluding carboxylic acids is 2. The zero-order valence-electron chi connectivity index (χ0n) is 11.7. The van der Waals surface area contributed by atoms with Crippen molar-refractivity contribution >= 4 is 24.2 Å². The van der Waals surface area contributed by atoms with Crippen LogP contribution in [0.25, 0.3) is 0 Å². The van der Waals surface area contributed by atoms with E-state index in [2.05, 4.69) is 5.32 Å². The molecule has 6 nitrogen and oxygen atoms in total. The zero-order valence-corrected chi connectivity index (χ0v) is 12.5.